The number of hydrogen-bond donors (Lipinski definition) is 0. The summed E-state index contributed by atoms with van der Waals surface area (Å²) in [5.74, 6) is -0.407. The van der Waals surface area contributed by atoms with Gasteiger partial charge in [0.2, 0.25) is 5.24 Å². The quantitative estimate of drug-likeness (QED) is 0.319. The fourth-order valence-electron chi connectivity index (χ4n) is 2.06. The van der Waals surface area contributed by atoms with Gasteiger partial charge in [-0.15, -0.1) is 0 Å². The predicted octanol–water partition coefficient (Wildman–Crippen LogP) is 4.51. The van der Waals surface area contributed by atoms with Gasteiger partial charge in [0.05, 0.1) is 5.57 Å². The minimum absolute atomic E-state index is 0.160. The molecule has 0 saturated carbocycles. The number of ether oxygens (including phenoxy) is 1. The summed E-state index contributed by atoms with van der Waals surface area (Å²) in [5.41, 5.74) is 4.04. The second-order valence-electron chi connectivity index (χ2n) is 5.45. The van der Waals surface area contributed by atoms with Crippen LogP contribution < -0.4 is 0 Å². The van der Waals surface area contributed by atoms with Gasteiger partial charge in [-0.1, -0.05) is 48.6 Å². The van der Waals surface area contributed by atoms with Crippen LogP contribution >= 0.6 is 11.6 Å². The third-order valence-corrected chi connectivity index (χ3v) is 3.22. The van der Waals surface area contributed by atoms with Crippen molar-refractivity contribution in [2.45, 2.75) is 33.8 Å². The zero-order chi connectivity index (χ0) is 17.4. The zero-order valence-electron chi connectivity index (χ0n) is 13.7. The third kappa shape index (κ3) is 6.66. The Labute approximate surface area is 142 Å². The molecule has 0 atom stereocenters. The van der Waals surface area contributed by atoms with Gasteiger partial charge in [-0.25, -0.2) is 4.79 Å². The smallest absolute Gasteiger partial charge is 0.338 e. The Hall–Kier alpha value is -2.13. The molecule has 1 rings (SSSR count). The van der Waals surface area contributed by atoms with Gasteiger partial charge in [-0.05, 0) is 49.1 Å². The molecule has 0 aliphatic heterocycles. The second kappa shape index (κ2) is 9.11. The number of allylic oxidation sites excluding steroid dienone is 3. The van der Waals surface area contributed by atoms with Crippen molar-refractivity contribution in [3.63, 3.8) is 0 Å². The summed E-state index contributed by atoms with van der Waals surface area (Å²) in [4.78, 5) is 23.0. The van der Waals surface area contributed by atoms with Crippen molar-refractivity contribution < 1.29 is 14.3 Å². The van der Waals surface area contributed by atoms with Crippen molar-refractivity contribution >= 4 is 22.8 Å². The Kier molecular flexibility index (Phi) is 7.49. The van der Waals surface area contributed by atoms with Crippen LogP contribution in [0.5, 0.6) is 0 Å². The van der Waals surface area contributed by atoms with E-state index in [1.54, 1.807) is 12.1 Å². The monoisotopic (exact) mass is 332 g/mol. The molecule has 0 aliphatic rings. The summed E-state index contributed by atoms with van der Waals surface area (Å²) >= 11 is 5.34. The van der Waals surface area contributed by atoms with Gasteiger partial charge in [-0.2, -0.15) is 0 Å². The molecule has 0 fully saturated rings. The Bertz CT molecular complexity index is 648. The zero-order valence-corrected chi connectivity index (χ0v) is 14.4. The minimum Gasteiger partial charge on any atom is -0.457 e. The van der Waals surface area contributed by atoms with Gasteiger partial charge in [0.15, 0.2) is 0 Å². The van der Waals surface area contributed by atoms with Crippen LogP contribution in [0, 0.1) is 0 Å². The lowest BCUT2D eigenvalue weighted by Crippen LogP contribution is -2.08. The summed E-state index contributed by atoms with van der Waals surface area (Å²) in [7, 11) is 0. The average molecular weight is 333 g/mol. The fourth-order valence-corrected chi connectivity index (χ4v) is 2.21. The molecule has 0 aliphatic carbocycles. The van der Waals surface area contributed by atoms with Crippen LogP contribution in [-0.4, -0.2) is 11.2 Å². The second-order valence-corrected chi connectivity index (χ2v) is 5.87. The third-order valence-electron chi connectivity index (χ3n) is 3.09. The molecule has 0 heterocycles. The number of hydrogen-bond acceptors (Lipinski definition) is 3. The van der Waals surface area contributed by atoms with E-state index in [1.165, 1.54) is 6.08 Å². The number of rotatable bonds is 7. The number of esters is 1. The maximum Gasteiger partial charge on any atom is 0.338 e. The lowest BCUT2D eigenvalue weighted by Gasteiger charge is -2.08. The first-order chi connectivity index (χ1) is 10.8. The summed E-state index contributed by atoms with van der Waals surface area (Å²) in [6, 6.07) is 7.20. The molecule has 0 N–H and O–H groups in total. The van der Waals surface area contributed by atoms with Gasteiger partial charge in [0.25, 0.3) is 0 Å². The first-order valence-electron chi connectivity index (χ1n) is 7.25. The fraction of sp³-hybridized carbons (Fsp3) is 0.263. The molecular weight excluding hydrogens is 312 g/mol. The molecule has 122 valence electrons. The molecule has 4 heteroatoms. The molecule has 0 aromatic heterocycles. The van der Waals surface area contributed by atoms with E-state index in [1.807, 2.05) is 39.0 Å². The number of carbonyl (C=O) groups is 2. The largest absolute Gasteiger partial charge is 0.457 e. The number of benzene rings is 1. The van der Waals surface area contributed by atoms with Crippen LogP contribution in [0.2, 0.25) is 0 Å². The van der Waals surface area contributed by atoms with Gasteiger partial charge in [0, 0.05) is 6.42 Å². The van der Waals surface area contributed by atoms with Crippen molar-refractivity contribution in [3.05, 3.63) is 70.8 Å². The number of carbonyl (C=O) groups excluding carboxylic acids is 2. The molecule has 0 unspecified atom stereocenters. The molecule has 0 bridgehead atoms. The highest BCUT2D eigenvalue weighted by molar-refractivity contribution is 6.63. The molecule has 0 radical (unpaired) electrons. The normalized spacial score (nSPS) is 11.3. The SMILES string of the molecule is C=C/C(C(=O)OCc1ccc(CC(=O)Cl)cc1)=C(/C)C=C(C)C. The van der Waals surface area contributed by atoms with E-state index in [0.29, 0.717) is 5.57 Å². The van der Waals surface area contributed by atoms with Crippen LogP contribution in [0.25, 0.3) is 0 Å². The highest BCUT2D eigenvalue weighted by Crippen LogP contribution is 2.13. The summed E-state index contributed by atoms with van der Waals surface area (Å²) in [6.07, 6.45) is 3.61. The van der Waals surface area contributed by atoms with E-state index >= 15 is 0 Å². The number of halogens is 1. The maximum absolute atomic E-state index is 12.1. The van der Waals surface area contributed by atoms with E-state index < -0.39 is 11.2 Å². The van der Waals surface area contributed by atoms with Crippen LogP contribution in [0.3, 0.4) is 0 Å². The molecule has 0 spiro atoms. The van der Waals surface area contributed by atoms with Crippen molar-refractivity contribution in [2.75, 3.05) is 0 Å². The topological polar surface area (TPSA) is 43.4 Å². The van der Waals surface area contributed by atoms with Gasteiger partial charge in [0.1, 0.15) is 6.61 Å². The van der Waals surface area contributed by atoms with Gasteiger partial charge < -0.3 is 4.74 Å². The van der Waals surface area contributed by atoms with Crippen molar-refractivity contribution in [3.8, 4) is 0 Å². The van der Waals surface area contributed by atoms with Crippen molar-refractivity contribution in [1.82, 2.24) is 0 Å². The van der Waals surface area contributed by atoms with E-state index in [9.17, 15) is 9.59 Å². The van der Waals surface area contributed by atoms with Gasteiger partial charge >= 0.3 is 5.97 Å². The van der Waals surface area contributed by atoms with Crippen LogP contribution in [-0.2, 0) is 27.4 Å². The highest BCUT2D eigenvalue weighted by atomic mass is 35.5. The molecule has 1 aromatic rings. The average Bonchev–Trinajstić information content (AvgIpc) is 2.46. The Morgan fingerprint density at radius 2 is 1.70 bits per heavy atom. The molecule has 1 aromatic carbocycles. The Morgan fingerprint density at radius 1 is 1.13 bits per heavy atom. The van der Waals surface area contributed by atoms with Crippen LogP contribution in [0.1, 0.15) is 31.9 Å². The summed E-state index contributed by atoms with van der Waals surface area (Å²) in [6.45, 7) is 9.60. The maximum atomic E-state index is 12.1. The first kappa shape index (κ1) is 18.9. The van der Waals surface area contributed by atoms with Gasteiger partial charge in [-0.3, -0.25) is 4.79 Å². The minimum atomic E-state index is -0.407. The van der Waals surface area contributed by atoms with E-state index in [-0.39, 0.29) is 13.0 Å². The molecule has 23 heavy (non-hydrogen) atoms. The lowest BCUT2D eigenvalue weighted by atomic mass is 10.1. The van der Waals surface area contributed by atoms with Crippen molar-refractivity contribution in [2.24, 2.45) is 0 Å². The summed E-state index contributed by atoms with van der Waals surface area (Å²) < 4.78 is 5.31. The highest BCUT2D eigenvalue weighted by Gasteiger charge is 2.10. The standard InChI is InChI=1S/C19H21ClO3/c1-5-17(14(4)10-13(2)3)19(22)23-12-16-8-6-15(7-9-16)11-18(20)21/h5-10H,1,11-12H2,2-4H3/b17-14+. The Morgan fingerprint density at radius 3 is 2.17 bits per heavy atom. The van der Waals surface area contributed by atoms with Crippen LogP contribution in [0.4, 0.5) is 0 Å². The molecule has 0 saturated heterocycles. The lowest BCUT2D eigenvalue weighted by molar-refractivity contribution is -0.139. The first-order valence-corrected chi connectivity index (χ1v) is 7.62. The van der Waals surface area contributed by atoms with Crippen molar-refractivity contribution in [1.29, 1.82) is 0 Å². The van der Waals surface area contributed by atoms with E-state index in [4.69, 9.17) is 16.3 Å². The van der Waals surface area contributed by atoms with Crippen LogP contribution in [0.15, 0.2) is 59.7 Å². The van der Waals surface area contributed by atoms with E-state index in [2.05, 4.69) is 6.58 Å². The molecule has 3 nitrogen and oxygen atoms in total. The molecule has 0 amide bonds. The predicted molar refractivity (Wildman–Crippen MR) is 93.1 cm³/mol. The van der Waals surface area contributed by atoms with E-state index in [0.717, 1.165) is 22.3 Å². The Balaban J connectivity index is 2.73. The molecular formula is C19H21ClO3. The summed E-state index contributed by atoms with van der Waals surface area (Å²) in [5, 5.41) is -0.403.